The first-order valence-electron chi connectivity index (χ1n) is 7.07. The molecule has 0 aromatic carbocycles. The quantitative estimate of drug-likeness (QED) is 0.794. The molecule has 1 atom stereocenters. The molecule has 2 heteroatoms. The summed E-state index contributed by atoms with van der Waals surface area (Å²) < 4.78 is 5.50. The van der Waals surface area contributed by atoms with E-state index in [4.69, 9.17) is 4.74 Å². The van der Waals surface area contributed by atoms with Gasteiger partial charge in [0.2, 0.25) is 0 Å². The van der Waals surface area contributed by atoms with Crippen LogP contribution in [0.3, 0.4) is 0 Å². The number of rotatable bonds is 4. The summed E-state index contributed by atoms with van der Waals surface area (Å²) >= 11 is 0. The van der Waals surface area contributed by atoms with Crippen LogP contribution >= 0.6 is 0 Å². The van der Waals surface area contributed by atoms with Crippen LogP contribution in [0, 0.1) is 11.3 Å². The zero-order valence-corrected chi connectivity index (χ0v) is 10.9. The van der Waals surface area contributed by atoms with Crippen molar-refractivity contribution < 1.29 is 4.74 Å². The summed E-state index contributed by atoms with van der Waals surface area (Å²) in [5.74, 6) is 0.844. The van der Waals surface area contributed by atoms with Crippen molar-refractivity contribution in [2.75, 3.05) is 19.8 Å². The van der Waals surface area contributed by atoms with Gasteiger partial charge in [0, 0.05) is 19.3 Å². The fraction of sp³-hybridized carbons (Fsp3) is 1.00. The predicted molar refractivity (Wildman–Crippen MR) is 67.6 cm³/mol. The fourth-order valence-electron chi connectivity index (χ4n) is 3.74. The molecule has 0 aromatic rings. The van der Waals surface area contributed by atoms with Crippen LogP contribution in [0.25, 0.3) is 0 Å². The molecule has 1 heterocycles. The van der Waals surface area contributed by atoms with Crippen molar-refractivity contribution in [2.24, 2.45) is 11.3 Å². The zero-order chi connectivity index (χ0) is 11.4. The van der Waals surface area contributed by atoms with Gasteiger partial charge in [-0.2, -0.15) is 0 Å². The Morgan fingerprint density at radius 3 is 2.44 bits per heavy atom. The van der Waals surface area contributed by atoms with Crippen molar-refractivity contribution in [2.45, 2.75) is 58.4 Å². The van der Waals surface area contributed by atoms with E-state index in [-0.39, 0.29) is 0 Å². The second-order valence-electron chi connectivity index (χ2n) is 5.85. The number of hydrogen-bond donors (Lipinski definition) is 1. The van der Waals surface area contributed by atoms with E-state index in [0.29, 0.717) is 5.41 Å². The minimum Gasteiger partial charge on any atom is -0.381 e. The molecule has 1 N–H and O–H groups in total. The van der Waals surface area contributed by atoms with Crippen LogP contribution in [-0.2, 0) is 4.74 Å². The highest BCUT2D eigenvalue weighted by Crippen LogP contribution is 2.44. The molecule has 1 saturated heterocycles. The molecule has 1 unspecified atom stereocenters. The smallest absolute Gasteiger partial charge is 0.0469 e. The Morgan fingerprint density at radius 2 is 1.88 bits per heavy atom. The van der Waals surface area contributed by atoms with Crippen LogP contribution in [0.4, 0.5) is 0 Å². The van der Waals surface area contributed by atoms with Gasteiger partial charge in [-0.3, -0.25) is 0 Å². The fourth-order valence-corrected chi connectivity index (χ4v) is 3.74. The van der Waals surface area contributed by atoms with Crippen molar-refractivity contribution in [3.05, 3.63) is 0 Å². The van der Waals surface area contributed by atoms with Crippen LogP contribution in [-0.4, -0.2) is 25.8 Å². The molecule has 94 valence electrons. The highest BCUT2D eigenvalue weighted by Gasteiger charge is 2.40. The van der Waals surface area contributed by atoms with E-state index in [2.05, 4.69) is 19.2 Å². The largest absolute Gasteiger partial charge is 0.381 e. The summed E-state index contributed by atoms with van der Waals surface area (Å²) in [6.45, 7) is 7.80. The van der Waals surface area contributed by atoms with Gasteiger partial charge in [0.1, 0.15) is 0 Å². The van der Waals surface area contributed by atoms with Crippen molar-refractivity contribution in [3.8, 4) is 0 Å². The Labute approximate surface area is 100 Å². The van der Waals surface area contributed by atoms with Crippen LogP contribution in [0.1, 0.15) is 52.4 Å². The molecule has 1 aliphatic carbocycles. The Morgan fingerprint density at radius 1 is 1.25 bits per heavy atom. The summed E-state index contributed by atoms with van der Waals surface area (Å²) in [5, 5.41) is 3.78. The average molecular weight is 225 g/mol. The van der Waals surface area contributed by atoms with Gasteiger partial charge < -0.3 is 10.1 Å². The minimum absolute atomic E-state index is 0.554. The van der Waals surface area contributed by atoms with Crippen LogP contribution < -0.4 is 5.32 Å². The highest BCUT2D eigenvalue weighted by molar-refractivity contribution is 4.95. The third kappa shape index (κ3) is 2.60. The maximum absolute atomic E-state index is 5.50. The summed E-state index contributed by atoms with van der Waals surface area (Å²) in [6, 6.07) is 0.726. The Bertz CT molecular complexity index is 205. The lowest BCUT2D eigenvalue weighted by atomic mass is 9.72. The minimum atomic E-state index is 0.554. The normalized spacial score (nSPS) is 28.1. The van der Waals surface area contributed by atoms with Gasteiger partial charge >= 0.3 is 0 Å². The molecule has 2 nitrogen and oxygen atoms in total. The van der Waals surface area contributed by atoms with E-state index >= 15 is 0 Å². The van der Waals surface area contributed by atoms with Crippen molar-refractivity contribution in [1.29, 1.82) is 0 Å². The Balaban J connectivity index is 2.02. The first kappa shape index (κ1) is 12.4. The van der Waals surface area contributed by atoms with Gasteiger partial charge in [0.05, 0.1) is 0 Å². The van der Waals surface area contributed by atoms with Gasteiger partial charge in [0.15, 0.2) is 0 Å². The number of ether oxygens (including phenoxy) is 1. The van der Waals surface area contributed by atoms with Crippen molar-refractivity contribution >= 4 is 0 Å². The molecule has 0 radical (unpaired) electrons. The van der Waals surface area contributed by atoms with Gasteiger partial charge in [-0.15, -0.1) is 0 Å². The molecule has 2 rings (SSSR count). The van der Waals surface area contributed by atoms with E-state index in [1.165, 1.54) is 38.5 Å². The standard InChI is InChI=1S/C14H27NO/c1-3-15-13(12-6-10-16-11-7-12)14(2)8-4-5-9-14/h12-13,15H,3-11H2,1-2H3. The molecule has 2 fully saturated rings. The molecule has 1 saturated carbocycles. The summed E-state index contributed by atoms with van der Waals surface area (Å²) in [5.41, 5.74) is 0.554. The SMILES string of the molecule is CCNC(C1CCOCC1)C1(C)CCCC1. The van der Waals surface area contributed by atoms with E-state index in [0.717, 1.165) is 31.7 Å². The van der Waals surface area contributed by atoms with Crippen molar-refractivity contribution in [3.63, 3.8) is 0 Å². The molecular formula is C14H27NO. The van der Waals surface area contributed by atoms with Gasteiger partial charge in [-0.05, 0) is 43.6 Å². The number of hydrogen-bond acceptors (Lipinski definition) is 2. The van der Waals surface area contributed by atoms with Gasteiger partial charge in [-0.25, -0.2) is 0 Å². The lowest BCUT2D eigenvalue weighted by molar-refractivity contribution is 0.0293. The van der Waals surface area contributed by atoms with E-state index < -0.39 is 0 Å². The lowest BCUT2D eigenvalue weighted by Crippen LogP contribution is -2.48. The predicted octanol–water partition coefficient (Wildman–Crippen LogP) is 2.97. The molecule has 0 amide bonds. The Hall–Kier alpha value is -0.0800. The van der Waals surface area contributed by atoms with Gasteiger partial charge in [-0.1, -0.05) is 26.7 Å². The van der Waals surface area contributed by atoms with Gasteiger partial charge in [0.25, 0.3) is 0 Å². The first-order valence-corrected chi connectivity index (χ1v) is 7.07. The lowest BCUT2D eigenvalue weighted by Gasteiger charge is -2.41. The van der Waals surface area contributed by atoms with E-state index in [1.54, 1.807) is 0 Å². The van der Waals surface area contributed by atoms with E-state index in [1.807, 2.05) is 0 Å². The maximum atomic E-state index is 5.50. The summed E-state index contributed by atoms with van der Waals surface area (Å²) in [4.78, 5) is 0. The number of nitrogens with one attached hydrogen (secondary N) is 1. The maximum Gasteiger partial charge on any atom is 0.0469 e. The molecule has 0 bridgehead atoms. The molecular weight excluding hydrogens is 198 g/mol. The van der Waals surface area contributed by atoms with Crippen molar-refractivity contribution in [1.82, 2.24) is 5.32 Å². The highest BCUT2D eigenvalue weighted by atomic mass is 16.5. The Kier molecular flexibility index (Phi) is 4.26. The van der Waals surface area contributed by atoms with Crippen LogP contribution in [0.5, 0.6) is 0 Å². The molecule has 1 aliphatic heterocycles. The van der Waals surface area contributed by atoms with E-state index in [9.17, 15) is 0 Å². The first-order chi connectivity index (χ1) is 7.76. The van der Waals surface area contributed by atoms with Crippen LogP contribution in [0.2, 0.25) is 0 Å². The molecule has 2 aliphatic rings. The molecule has 16 heavy (non-hydrogen) atoms. The average Bonchev–Trinajstić information content (AvgIpc) is 2.75. The molecule has 0 spiro atoms. The van der Waals surface area contributed by atoms with Crippen LogP contribution in [0.15, 0.2) is 0 Å². The second kappa shape index (κ2) is 5.50. The second-order valence-corrected chi connectivity index (χ2v) is 5.85. The monoisotopic (exact) mass is 225 g/mol. The summed E-state index contributed by atoms with van der Waals surface area (Å²) in [6.07, 6.45) is 8.22. The topological polar surface area (TPSA) is 21.3 Å². The molecule has 0 aromatic heterocycles. The third-order valence-electron chi connectivity index (χ3n) is 4.66. The third-order valence-corrected chi connectivity index (χ3v) is 4.66. The summed E-state index contributed by atoms with van der Waals surface area (Å²) in [7, 11) is 0. The zero-order valence-electron chi connectivity index (χ0n) is 10.9.